The molecule has 0 aliphatic heterocycles. The number of benzene rings is 2. The van der Waals surface area contributed by atoms with Crippen molar-refractivity contribution in [3.05, 3.63) is 70.3 Å². The third kappa shape index (κ3) is 7.34. The first kappa shape index (κ1) is 23.7. The molecule has 1 amide bonds. The Balaban J connectivity index is 1.47. The van der Waals surface area contributed by atoms with Gasteiger partial charge in [-0.25, -0.2) is 5.43 Å². The van der Waals surface area contributed by atoms with Crippen LogP contribution in [-0.4, -0.2) is 28.9 Å². The molecule has 0 aliphatic rings. The molecule has 0 saturated heterocycles. The number of aromatic nitrogens is 2. The van der Waals surface area contributed by atoms with Gasteiger partial charge in [-0.15, -0.1) is 0 Å². The summed E-state index contributed by atoms with van der Waals surface area (Å²) >= 11 is 3.44. The molecule has 2 aromatic carbocycles. The summed E-state index contributed by atoms with van der Waals surface area (Å²) in [4.78, 5) is 12.3. The monoisotopic (exact) mass is 496 g/mol. The van der Waals surface area contributed by atoms with E-state index in [1.54, 1.807) is 12.3 Å². The van der Waals surface area contributed by atoms with Crippen LogP contribution in [0.4, 0.5) is 0 Å². The van der Waals surface area contributed by atoms with Gasteiger partial charge in [0.25, 0.3) is 5.91 Å². The third-order valence-corrected chi connectivity index (χ3v) is 5.74. The molecule has 3 rings (SSSR count). The van der Waals surface area contributed by atoms with Crippen molar-refractivity contribution in [2.24, 2.45) is 5.10 Å². The molecule has 0 fully saturated rings. The van der Waals surface area contributed by atoms with Crippen LogP contribution in [0, 0.1) is 0 Å². The predicted octanol–water partition coefficient (Wildman–Crippen LogP) is 6.34. The number of nitrogens with zero attached hydrogens (tertiary/aromatic N) is 2. The maximum Gasteiger partial charge on any atom is 0.289 e. The van der Waals surface area contributed by atoms with Gasteiger partial charge >= 0.3 is 0 Å². The lowest BCUT2D eigenvalue weighted by molar-refractivity contribution is 0.0950. The number of carbonyl (C=O) groups excluding carboxylic acids is 1. The fraction of sp³-hybridized carbons (Fsp3) is 0.320. The van der Waals surface area contributed by atoms with Crippen molar-refractivity contribution in [3.8, 4) is 17.0 Å². The number of hydrazone groups is 1. The topological polar surface area (TPSA) is 79.4 Å². The number of halogens is 1. The van der Waals surface area contributed by atoms with Crippen molar-refractivity contribution in [2.45, 2.75) is 45.4 Å². The first-order valence-corrected chi connectivity index (χ1v) is 11.8. The van der Waals surface area contributed by atoms with Crippen molar-refractivity contribution in [2.75, 3.05) is 6.61 Å². The number of hydrogen-bond donors (Lipinski definition) is 2. The molecular weight excluding hydrogens is 468 g/mol. The van der Waals surface area contributed by atoms with Crippen molar-refractivity contribution in [3.63, 3.8) is 0 Å². The quantitative estimate of drug-likeness (QED) is 0.174. The number of rotatable bonds is 12. The van der Waals surface area contributed by atoms with E-state index in [0.29, 0.717) is 11.4 Å². The van der Waals surface area contributed by atoms with Gasteiger partial charge in [-0.05, 0) is 42.8 Å². The van der Waals surface area contributed by atoms with Crippen LogP contribution in [0.25, 0.3) is 11.3 Å². The number of unbranched alkanes of at least 4 members (excludes halogenated alkanes) is 5. The summed E-state index contributed by atoms with van der Waals surface area (Å²) in [6.45, 7) is 2.96. The van der Waals surface area contributed by atoms with Gasteiger partial charge in [-0.2, -0.15) is 10.2 Å². The molecule has 1 heterocycles. The molecule has 168 valence electrons. The van der Waals surface area contributed by atoms with Crippen LogP contribution in [0.15, 0.2) is 64.2 Å². The molecule has 32 heavy (non-hydrogen) atoms. The Bertz CT molecular complexity index is 1010. The molecule has 0 bridgehead atoms. The van der Waals surface area contributed by atoms with Gasteiger partial charge in [-0.1, -0.05) is 73.2 Å². The highest BCUT2D eigenvalue weighted by Gasteiger charge is 2.10. The van der Waals surface area contributed by atoms with Gasteiger partial charge in [0.1, 0.15) is 11.4 Å². The minimum absolute atomic E-state index is 0.340. The lowest BCUT2D eigenvalue weighted by Gasteiger charge is -2.06. The van der Waals surface area contributed by atoms with E-state index in [-0.39, 0.29) is 5.91 Å². The van der Waals surface area contributed by atoms with Gasteiger partial charge in [0, 0.05) is 15.6 Å². The van der Waals surface area contributed by atoms with Crippen LogP contribution in [-0.2, 0) is 0 Å². The summed E-state index contributed by atoms with van der Waals surface area (Å²) in [5, 5.41) is 11.0. The molecule has 6 nitrogen and oxygen atoms in total. The normalized spacial score (nSPS) is 11.1. The van der Waals surface area contributed by atoms with Crippen LogP contribution in [0.5, 0.6) is 5.75 Å². The zero-order valence-corrected chi connectivity index (χ0v) is 19.9. The summed E-state index contributed by atoms with van der Waals surface area (Å²) in [5.74, 6) is 0.489. The number of hydrogen-bond acceptors (Lipinski definition) is 4. The third-order valence-electron chi connectivity index (χ3n) is 5.01. The Labute approximate surface area is 197 Å². The Kier molecular flexibility index (Phi) is 9.50. The molecule has 0 atom stereocenters. The molecule has 1 aromatic heterocycles. The number of aromatic amines is 1. The smallest absolute Gasteiger partial charge is 0.289 e. The molecule has 0 spiro atoms. The minimum atomic E-state index is -0.356. The Morgan fingerprint density at radius 3 is 2.62 bits per heavy atom. The van der Waals surface area contributed by atoms with Crippen LogP contribution >= 0.6 is 15.9 Å². The molecule has 2 N–H and O–H groups in total. The molecule has 0 radical (unpaired) electrons. The Morgan fingerprint density at radius 2 is 1.84 bits per heavy atom. The Morgan fingerprint density at radius 1 is 1.09 bits per heavy atom. The molecule has 0 saturated carbocycles. The number of amides is 1. The van der Waals surface area contributed by atoms with Crippen LogP contribution < -0.4 is 10.2 Å². The van der Waals surface area contributed by atoms with E-state index in [2.05, 4.69) is 43.6 Å². The first-order chi connectivity index (χ1) is 15.7. The fourth-order valence-electron chi connectivity index (χ4n) is 3.18. The summed E-state index contributed by atoms with van der Waals surface area (Å²) in [6, 6.07) is 17.1. The van der Waals surface area contributed by atoms with E-state index in [4.69, 9.17) is 4.74 Å². The average Bonchev–Trinajstić information content (AvgIpc) is 3.31. The van der Waals surface area contributed by atoms with Crippen LogP contribution in [0.3, 0.4) is 0 Å². The second-order valence-corrected chi connectivity index (χ2v) is 8.38. The van der Waals surface area contributed by atoms with Crippen molar-refractivity contribution >= 4 is 28.1 Å². The first-order valence-electron chi connectivity index (χ1n) is 11.0. The molecule has 3 aromatic rings. The average molecular weight is 497 g/mol. The number of H-pyrrole nitrogens is 1. The summed E-state index contributed by atoms with van der Waals surface area (Å²) in [5.41, 5.74) is 5.32. The number of ether oxygens (including phenoxy) is 1. The minimum Gasteiger partial charge on any atom is -0.494 e. The SMILES string of the molecule is CCCCCCCCOc1ccc(-c2cc(C(=O)N/N=C/c3ccccc3Br)[nH]n2)cc1. The second kappa shape index (κ2) is 12.8. The van der Waals surface area contributed by atoms with E-state index in [9.17, 15) is 4.79 Å². The maximum atomic E-state index is 12.3. The van der Waals surface area contributed by atoms with Crippen molar-refractivity contribution in [1.29, 1.82) is 0 Å². The summed E-state index contributed by atoms with van der Waals surface area (Å²) in [6.07, 6.45) is 9.05. The molecule has 0 aliphatic carbocycles. The van der Waals surface area contributed by atoms with Gasteiger partial charge in [-0.3, -0.25) is 9.89 Å². The Hall–Kier alpha value is -2.93. The lowest BCUT2D eigenvalue weighted by atomic mass is 10.1. The van der Waals surface area contributed by atoms with Gasteiger partial charge in [0.15, 0.2) is 0 Å². The van der Waals surface area contributed by atoms with Crippen molar-refractivity contribution < 1.29 is 9.53 Å². The van der Waals surface area contributed by atoms with Crippen LogP contribution in [0.2, 0.25) is 0 Å². The van der Waals surface area contributed by atoms with E-state index in [1.807, 2.05) is 48.5 Å². The predicted molar refractivity (Wildman–Crippen MR) is 132 cm³/mol. The molecule has 0 unspecified atom stereocenters. The highest BCUT2D eigenvalue weighted by Crippen LogP contribution is 2.22. The van der Waals surface area contributed by atoms with E-state index in [0.717, 1.165) is 34.4 Å². The van der Waals surface area contributed by atoms with Gasteiger partial charge in [0.2, 0.25) is 0 Å². The maximum absolute atomic E-state index is 12.3. The fourth-order valence-corrected chi connectivity index (χ4v) is 3.57. The second-order valence-electron chi connectivity index (χ2n) is 7.53. The number of carbonyl (C=O) groups is 1. The number of nitrogens with one attached hydrogen (secondary N) is 2. The van der Waals surface area contributed by atoms with E-state index in [1.165, 1.54) is 32.1 Å². The zero-order chi connectivity index (χ0) is 22.6. The highest BCUT2D eigenvalue weighted by atomic mass is 79.9. The lowest BCUT2D eigenvalue weighted by Crippen LogP contribution is -2.18. The summed E-state index contributed by atoms with van der Waals surface area (Å²) < 4.78 is 6.73. The molecule has 7 heteroatoms. The van der Waals surface area contributed by atoms with Gasteiger partial charge < -0.3 is 4.74 Å². The zero-order valence-electron chi connectivity index (χ0n) is 18.3. The van der Waals surface area contributed by atoms with Gasteiger partial charge in [0.05, 0.1) is 18.5 Å². The largest absolute Gasteiger partial charge is 0.494 e. The molecular formula is C25H29BrN4O2. The summed E-state index contributed by atoms with van der Waals surface area (Å²) in [7, 11) is 0. The standard InChI is InChI=1S/C25H29BrN4O2/c1-2-3-4-5-6-9-16-32-21-14-12-19(13-15-21)23-17-24(29-28-23)25(31)30-27-18-20-10-7-8-11-22(20)26/h7-8,10-15,17-18H,2-6,9,16H2,1H3,(H,28,29)(H,30,31)/b27-18+. The van der Waals surface area contributed by atoms with E-state index < -0.39 is 0 Å². The highest BCUT2D eigenvalue weighted by molar-refractivity contribution is 9.10. The van der Waals surface area contributed by atoms with Crippen LogP contribution in [0.1, 0.15) is 61.5 Å². The van der Waals surface area contributed by atoms with Crippen molar-refractivity contribution in [1.82, 2.24) is 15.6 Å². The van der Waals surface area contributed by atoms with E-state index >= 15 is 0 Å².